The first-order valence-electron chi connectivity index (χ1n) is 3.50. The maximum atomic E-state index is 3.70. The SMILES string of the molecule is CC.[CH2-]CCCC[CH2-].[U+2]. The summed E-state index contributed by atoms with van der Waals surface area (Å²) in [5.74, 6) is 0. The van der Waals surface area contributed by atoms with E-state index in [9.17, 15) is 0 Å². The van der Waals surface area contributed by atoms with Crippen molar-refractivity contribution in [2.24, 2.45) is 0 Å². The average Bonchev–Trinajstić information content (AvgIpc) is 1.88. The molecule has 1 heteroatoms. The molecule has 0 aliphatic rings. The van der Waals surface area contributed by atoms with Crippen molar-refractivity contribution in [3.63, 3.8) is 0 Å². The van der Waals surface area contributed by atoms with Gasteiger partial charge >= 0.3 is 31.1 Å². The van der Waals surface area contributed by atoms with Gasteiger partial charge in [0.2, 0.25) is 0 Å². The molecule has 0 bridgehead atoms. The number of rotatable bonds is 3. The van der Waals surface area contributed by atoms with Crippen LogP contribution in [0.4, 0.5) is 0 Å². The summed E-state index contributed by atoms with van der Waals surface area (Å²) in [5.41, 5.74) is 0. The molecule has 0 aliphatic carbocycles. The van der Waals surface area contributed by atoms with E-state index in [1.165, 1.54) is 12.8 Å². The zero-order valence-electron chi connectivity index (χ0n) is 6.74. The van der Waals surface area contributed by atoms with Crippen molar-refractivity contribution >= 4 is 0 Å². The average molecular weight is 352 g/mol. The minimum Gasteiger partial charge on any atom is -0.343 e. The quantitative estimate of drug-likeness (QED) is 0.540. The zero-order chi connectivity index (χ0) is 6.83. The van der Waals surface area contributed by atoms with E-state index in [1.807, 2.05) is 13.8 Å². The zero-order valence-corrected chi connectivity index (χ0v) is 10.9. The summed E-state index contributed by atoms with van der Waals surface area (Å²) in [6, 6.07) is 0. The van der Waals surface area contributed by atoms with Crippen LogP contribution < -0.4 is 0 Å². The Hall–Kier alpha value is 1.05. The van der Waals surface area contributed by atoms with Crippen LogP contribution in [-0.4, -0.2) is 0 Å². The van der Waals surface area contributed by atoms with Gasteiger partial charge in [0.25, 0.3) is 0 Å². The van der Waals surface area contributed by atoms with Gasteiger partial charge in [-0.3, -0.25) is 0 Å². The van der Waals surface area contributed by atoms with Gasteiger partial charge in [-0.1, -0.05) is 26.7 Å². The van der Waals surface area contributed by atoms with E-state index in [4.69, 9.17) is 0 Å². The van der Waals surface area contributed by atoms with Crippen LogP contribution in [-0.2, 0) is 0 Å². The Morgan fingerprint density at radius 1 is 0.889 bits per heavy atom. The molecule has 0 saturated heterocycles. The molecule has 0 aromatic rings. The number of hydrogen-bond acceptors (Lipinski definition) is 0. The largest absolute Gasteiger partial charge is 2.00 e. The summed E-state index contributed by atoms with van der Waals surface area (Å²) >= 11 is 0. The molecule has 54 valence electrons. The minimum absolute atomic E-state index is 0. The van der Waals surface area contributed by atoms with E-state index in [0.717, 1.165) is 12.8 Å². The molecule has 0 N–H and O–H groups in total. The number of unbranched alkanes of at least 4 members (excludes halogenated alkanes) is 3. The first-order chi connectivity index (χ1) is 3.91. The molecule has 0 unspecified atom stereocenters. The van der Waals surface area contributed by atoms with Gasteiger partial charge in [-0.05, 0) is 0 Å². The summed E-state index contributed by atoms with van der Waals surface area (Å²) in [4.78, 5) is 0. The molecule has 0 saturated carbocycles. The van der Waals surface area contributed by atoms with Crippen LogP contribution in [0.5, 0.6) is 0 Å². The number of hydrogen-bond donors (Lipinski definition) is 0. The van der Waals surface area contributed by atoms with Gasteiger partial charge in [0, 0.05) is 0 Å². The third-order valence-electron chi connectivity index (χ3n) is 0.750. The van der Waals surface area contributed by atoms with Gasteiger partial charge < -0.3 is 13.8 Å². The van der Waals surface area contributed by atoms with Gasteiger partial charge in [-0.25, -0.2) is 0 Å². The predicted molar refractivity (Wildman–Crippen MR) is 40.5 cm³/mol. The Morgan fingerprint density at radius 3 is 1.22 bits per heavy atom. The van der Waals surface area contributed by atoms with E-state index >= 15 is 0 Å². The van der Waals surface area contributed by atoms with Gasteiger partial charge in [-0.15, -0.1) is 0 Å². The fourth-order valence-corrected chi connectivity index (χ4v) is 0.354. The normalized spacial score (nSPS) is 6.67. The third-order valence-corrected chi connectivity index (χ3v) is 0.750. The molecule has 0 atom stereocenters. The maximum absolute atomic E-state index is 3.70. The first-order valence-corrected chi connectivity index (χ1v) is 3.50. The Bertz CT molecular complexity index is 16.5. The van der Waals surface area contributed by atoms with Crippen molar-refractivity contribution in [3.05, 3.63) is 13.8 Å². The van der Waals surface area contributed by atoms with Gasteiger partial charge in [0.15, 0.2) is 0 Å². The molecule has 0 nitrogen and oxygen atoms in total. The van der Waals surface area contributed by atoms with Gasteiger partial charge in [-0.2, -0.15) is 12.8 Å². The Kier molecular flexibility index (Phi) is 42.3. The minimum atomic E-state index is 0. The molecule has 0 aromatic carbocycles. The molecule has 0 spiro atoms. The summed E-state index contributed by atoms with van der Waals surface area (Å²) in [7, 11) is 0. The fraction of sp³-hybridized carbons (Fsp3) is 0.750. The predicted octanol–water partition coefficient (Wildman–Crippen LogP) is 3.24. The van der Waals surface area contributed by atoms with Crippen LogP contribution in [0.2, 0.25) is 0 Å². The Morgan fingerprint density at radius 2 is 1.11 bits per heavy atom. The van der Waals surface area contributed by atoms with E-state index in [1.54, 1.807) is 0 Å². The summed E-state index contributed by atoms with van der Waals surface area (Å²) in [6.07, 6.45) is 4.61. The van der Waals surface area contributed by atoms with Crippen LogP contribution in [0.15, 0.2) is 0 Å². The van der Waals surface area contributed by atoms with Crippen molar-refractivity contribution in [2.45, 2.75) is 39.5 Å². The molecule has 0 radical (unpaired) electrons. The summed E-state index contributed by atoms with van der Waals surface area (Å²) in [5, 5.41) is 0. The molecule has 0 heterocycles. The summed E-state index contributed by atoms with van der Waals surface area (Å²) < 4.78 is 0. The first kappa shape index (κ1) is 16.6. The molecular weight excluding hydrogens is 334 g/mol. The van der Waals surface area contributed by atoms with E-state index < -0.39 is 0 Å². The smallest absolute Gasteiger partial charge is 0.343 e. The monoisotopic (exact) mass is 352 g/mol. The van der Waals surface area contributed by atoms with Gasteiger partial charge in [0.05, 0.1) is 0 Å². The topological polar surface area (TPSA) is 0 Å². The van der Waals surface area contributed by atoms with E-state index in [-0.39, 0.29) is 31.1 Å². The summed E-state index contributed by atoms with van der Waals surface area (Å²) in [6.45, 7) is 11.4. The standard InChI is InChI=1S/C6H12.C2H6.U/c1-3-5-6-4-2;1-2;/h1-6H2;1-2H3;/q-2;;+2. The molecule has 0 fully saturated rings. The van der Waals surface area contributed by atoms with Crippen LogP contribution in [0.25, 0.3) is 0 Å². The fourth-order valence-electron chi connectivity index (χ4n) is 0.354. The second-order valence-electron chi connectivity index (χ2n) is 1.41. The van der Waals surface area contributed by atoms with Crippen molar-refractivity contribution in [1.82, 2.24) is 0 Å². The van der Waals surface area contributed by atoms with Gasteiger partial charge in [0.1, 0.15) is 0 Å². The molecule has 0 amide bonds. The maximum Gasteiger partial charge on any atom is 2.00 e. The molecule has 0 aliphatic heterocycles. The van der Waals surface area contributed by atoms with E-state index in [2.05, 4.69) is 13.8 Å². The molecule has 0 aromatic heterocycles. The second-order valence-corrected chi connectivity index (χ2v) is 1.41. The second kappa shape index (κ2) is 23.0. The van der Waals surface area contributed by atoms with Crippen molar-refractivity contribution in [2.75, 3.05) is 0 Å². The third kappa shape index (κ3) is 27.4. The molecule has 9 heavy (non-hydrogen) atoms. The van der Waals surface area contributed by atoms with Crippen molar-refractivity contribution < 1.29 is 31.1 Å². The van der Waals surface area contributed by atoms with E-state index in [0.29, 0.717) is 0 Å². The Balaban J connectivity index is -0.000000109. The van der Waals surface area contributed by atoms with Crippen LogP contribution in [0.1, 0.15) is 39.5 Å². The van der Waals surface area contributed by atoms with Crippen LogP contribution in [0.3, 0.4) is 0 Å². The van der Waals surface area contributed by atoms with Crippen LogP contribution >= 0.6 is 0 Å². The van der Waals surface area contributed by atoms with Crippen LogP contribution in [0, 0.1) is 45.0 Å². The Labute approximate surface area is 84.2 Å². The van der Waals surface area contributed by atoms with Crippen molar-refractivity contribution in [3.8, 4) is 0 Å². The molecule has 0 rings (SSSR count). The molecular formula is C8H18U. The van der Waals surface area contributed by atoms with Crippen molar-refractivity contribution in [1.29, 1.82) is 0 Å².